The first-order valence-corrected chi connectivity index (χ1v) is 11.8. The maximum atomic E-state index is 14.2. The summed E-state index contributed by atoms with van der Waals surface area (Å²) in [5, 5.41) is 13.4. The van der Waals surface area contributed by atoms with Gasteiger partial charge < -0.3 is 10.0 Å². The molecular weight excluding hydrogens is 514 g/mol. The molecular formula is C26H24ClF4N3O3. The second-order valence-electron chi connectivity index (χ2n) is 9.28. The van der Waals surface area contributed by atoms with E-state index in [4.69, 9.17) is 16.7 Å². The fraction of sp³-hybridized carbons (Fsp3) is 0.346. The summed E-state index contributed by atoms with van der Waals surface area (Å²) in [6, 6.07) is 8.15. The van der Waals surface area contributed by atoms with Gasteiger partial charge in [0.1, 0.15) is 5.82 Å². The number of carboxylic acids is 1. The molecule has 0 amide bonds. The first-order valence-electron chi connectivity index (χ1n) is 11.5. The van der Waals surface area contributed by atoms with Crippen molar-refractivity contribution in [2.75, 3.05) is 13.6 Å². The zero-order valence-corrected chi connectivity index (χ0v) is 20.8. The predicted molar refractivity (Wildman–Crippen MR) is 129 cm³/mol. The molecule has 0 bridgehead atoms. The fourth-order valence-corrected chi connectivity index (χ4v) is 4.88. The maximum absolute atomic E-state index is 14.2. The smallest absolute Gasteiger partial charge is 0.398 e. The second-order valence-corrected chi connectivity index (χ2v) is 9.69. The summed E-state index contributed by atoms with van der Waals surface area (Å²) >= 11 is 5.71. The molecule has 0 spiro atoms. The monoisotopic (exact) mass is 537 g/mol. The average Bonchev–Trinajstić information content (AvgIpc) is 3.60. The van der Waals surface area contributed by atoms with Crippen LogP contribution in [-0.4, -0.2) is 51.8 Å². The highest BCUT2D eigenvalue weighted by Gasteiger charge is 2.64. The molecule has 2 aromatic carbocycles. The topological polar surface area (TPSA) is 75.4 Å². The number of aldehydes is 1. The number of rotatable bonds is 4. The number of alkyl halides is 3. The van der Waals surface area contributed by atoms with Crippen molar-refractivity contribution in [1.82, 2.24) is 14.7 Å². The minimum absolute atomic E-state index is 0.00231. The first-order chi connectivity index (χ1) is 17.4. The Labute approximate surface area is 215 Å². The van der Waals surface area contributed by atoms with Crippen LogP contribution in [0.4, 0.5) is 17.6 Å². The molecule has 2 heterocycles. The zero-order chi connectivity index (χ0) is 27.1. The lowest BCUT2D eigenvalue weighted by Crippen LogP contribution is -2.29. The number of aryl methyl sites for hydroxylation is 1. The second kappa shape index (κ2) is 9.90. The quantitative estimate of drug-likeness (QED) is 0.343. The van der Waals surface area contributed by atoms with Gasteiger partial charge in [-0.05, 0) is 56.1 Å². The number of benzene rings is 2. The lowest BCUT2D eigenvalue weighted by molar-refractivity contribution is -0.160. The van der Waals surface area contributed by atoms with Crippen molar-refractivity contribution in [3.8, 4) is 11.3 Å². The number of aromatic nitrogens is 2. The van der Waals surface area contributed by atoms with Crippen LogP contribution in [0.25, 0.3) is 11.3 Å². The Bertz CT molecular complexity index is 1370. The molecule has 2 aliphatic rings. The summed E-state index contributed by atoms with van der Waals surface area (Å²) in [6.45, 7) is 1.69. The molecule has 37 heavy (non-hydrogen) atoms. The summed E-state index contributed by atoms with van der Waals surface area (Å²) in [6.07, 6.45) is -3.07. The Morgan fingerprint density at radius 1 is 1.19 bits per heavy atom. The third-order valence-electron chi connectivity index (χ3n) is 6.89. The van der Waals surface area contributed by atoms with Gasteiger partial charge in [-0.25, -0.2) is 9.18 Å². The lowest BCUT2D eigenvalue weighted by atomic mass is 9.91. The van der Waals surface area contributed by atoms with E-state index in [1.165, 1.54) is 30.3 Å². The highest BCUT2D eigenvalue weighted by atomic mass is 35.5. The number of fused-ring (bicyclic) bond motifs is 1. The number of halogens is 5. The van der Waals surface area contributed by atoms with E-state index in [1.807, 2.05) is 14.1 Å². The van der Waals surface area contributed by atoms with Gasteiger partial charge in [-0.15, -0.1) is 0 Å². The third kappa shape index (κ3) is 5.00. The Kier molecular flexibility index (Phi) is 7.18. The highest BCUT2D eigenvalue weighted by Crippen LogP contribution is 2.59. The van der Waals surface area contributed by atoms with Crippen LogP contribution in [0.3, 0.4) is 0 Å². The van der Waals surface area contributed by atoms with E-state index in [9.17, 15) is 27.2 Å². The summed E-state index contributed by atoms with van der Waals surface area (Å²) in [5.41, 5.74) is 1.17. The summed E-state index contributed by atoms with van der Waals surface area (Å²) in [5.74, 6) is -1.68. The van der Waals surface area contributed by atoms with Gasteiger partial charge in [0.15, 0.2) is 6.29 Å². The SMILES string of the molecule is CN1CCc2c(-c3ccc(C(=O)O)cc3F)nn(C)c2C1.O=Cc1c(Cl)cccc1C1(C(F)(F)F)CC1. The van der Waals surface area contributed by atoms with E-state index >= 15 is 0 Å². The van der Waals surface area contributed by atoms with Crippen LogP contribution in [0.1, 0.15) is 50.4 Å². The van der Waals surface area contributed by atoms with Crippen molar-refractivity contribution >= 4 is 23.9 Å². The van der Waals surface area contributed by atoms with Gasteiger partial charge in [-0.3, -0.25) is 9.48 Å². The van der Waals surface area contributed by atoms with Crippen molar-refractivity contribution in [3.05, 3.63) is 75.2 Å². The van der Waals surface area contributed by atoms with Crippen LogP contribution in [-0.2, 0) is 25.4 Å². The molecule has 1 saturated carbocycles. The maximum Gasteiger partial charge on any atom is 0.398 e. The van der Waals surface area contributed by atoms with Gasteiger partial charge >= 0.3 is 12.1 Å². The molecule has 196 valence electrons. The van der Waals surface area contributed by atoms with Gasteiger partial charge in [0.2, 0.25) is 0 Å². The number of carboxylic acid groups (broad SMARTS) is 1. The van der Waals surface area contributed by atoms with Crippen molar-refractivity contribution in [3.63, 3.8) is 0 Å². The number of hydrogen-bond acceptors (Lipinski definition) is 4. The minimum atomic E-state index is -4.32. The van der Waals surface area contributed by atoms with Crippen LogP contribution in [0.5, 0.6) is 0 Å². The van der Waals surface area contributed by atoms with Crippen LogP contribution in [0, 0.1) is 5.82 Å². The summed E-state index contributed by atoms with van der Waals surface area (Å²) < 4.78 is 54.6. The summed E-state index contributed by atoms with van der Waals surface area (Å²) in [7, 11) is 3.89. The van der Waals surface area contributed by atoms with Crippen molar-refractivity contribution in [1.29, 1.82) is 0 Å². The van der Waals surface area contributed by atoms with E-state index < -0.39 is 23.4 Å². The van der Waals surface area contributed by atoms with E-state index in [2.05, 4.69) is 10.00 Å². The lowest BCUT2D eigenvalue weighted by Gasteiger charge is -2.23. The summed E-state index contributed by atoms with van der Waals surface area (Å²) in [4.78, 5) is 23.9. The molecule has 0 unspecified atom stereocenters. The van der Waals surface area contributed by atoms with Gasteiger partial charge in [0.05, 0.1) is 27.4 Å². The highest BCUT2D eigenvalue weighted by molar-refractivity contribution is 6.33. The molecule has 1 aliphatic heterocycles. The molecule has 1 N–H and O–H groups in total. The predicted octanol–water partition coefficient (Wildman–Crippen LogP) is 5.66. The Morgan fingerprint density at radius 3 is 2.46 bits per heavy atom. The van der Waals surface area contributed by atoms with E-state index in [0.29, 0.717) is 17.5 Å². The van der Waals surface area contributed by atoms with Crippen LogP contribution < -0.4 is 0 Å². The van der Waals surface area contributed by atoms with E-state index in [1.54, 1.807) is 4.68 Å². The van der Waals surface area contributed by atoms with Crippen LogP contribution in [0.2, 0.25) is 5.02 Å². The van der Waals surface area contributed by atoms with E-state index in [0.717, 1.165) is 36.8 Å². The molecule has 3 aromatic rings. The van der Waals surface area contributed by atoms with Gasteiger partial charge in [0, 0.05) is 36.8 Å². The molecule has 0 radical (unpaired) electrons. The average molecular weight is 538 g/mol. The molecule has 11 heteroatoms. The molecule has 6 nitrogen and oxygen atoms in total. The Balaban J connectivity index is 0.000000180. The molecule has 1 aromatic heterocycles. The normalized spacial score (nSPS) is 16.4. The first kappa shape index (κ1) is 26.8. The number of carbonyl (C=O) groups is 2. The number of carbonyl (C=O) groups excluding carboxylic acids is 1. The standard InChI is InChI=1S/C15H16FN3O2.C11H8ClF3O/c1-18-6-5-11-13(8-18)19(2)17-14(11)10-4-3-9(15(20)21)7-12(10)16;12-9-3-1-2-8(7(9)6-16)10(4-5-10)11(13,14)15/h3-4,7H,5-6,8H2,1-2H3,(H,20,21);1-3,6H,4-5H2. The van der Waals surface area contributed by atoms with Crippen molar-refractivity contribution < 1.29 is 32.3 Å². The number of aromatic carboxylic acids is 1. The van der Waals surface area contributed by atoms with Crippen molar-refractivity contribution in [2.45, 2.75) is 37.4 Å². The van der Waals surface area contributed by atoms with Gasteiger partial charge in [-0.2, -0.15) is 18.3 Å². The Morgan fingerprint density at radius 2 is 1.89 bits per heavy atom. The van der Waals surface area contributed by atoms with Gasteiger partial charge in [-0.1, -0.05) is 23.7 Å². The van der Waals surface area contributed by atoms with Gasteiger partial charge in [0.25, 0.3) is 0 Å². The number of likely N-dealkylation sites (N-methyl/N-ethyl adjacent to an activating group) is 1. The Hall–Kier alpha value is -3.24. The molecule has 5 rings (SSSR count). The molecule has 0 atom stereocenters. The third-order valence-corrected chi connectivity index (χ3v) is 7.22. The van der Waals surface area contributed by atoms with Crippen LogP contribution >= 0.6 is 11.6 Å². The fourth-order valence-electron chi connectivity index (χ4n) is 4.66. The molecule has 1 fully saturated rings. The number of hydrogen-bond donors (Lipinski definition) is 1. The number of nitrogens with zero attached hydrogens (tertiary/aromatic N) is 3. The molecule has 1 aliphatic carbocycles. The van der Waals surface area contributed by atoms with Crippen molar-refractivity contribution in [2.24, 2.45) is 7.05 Å². The minimum Gasteiger partial charge on any atom is -0.478 e. The zero-order valence-electron chi connectivity index (χ0n) is 20.1. The van der Waals surface area contributed by atoms with E-state index in [-0.39, 0.29) is 34.6 Å². The largest absolute Gasteiger partial charge is 0.478 e. The molecule has 0 saturated heterocycles. The van der Waals surface area contributed by atoms with Crippen LogP contribution in [0.15, 0.2) is 36.4 Å².